The molecule has 0 saturated carbocycles. The molecule has 4 nitrogen and oxygen atoms in total. The fraction of sp³-hybridized carbons (Fsp3) is 0.667. The van der Waals surface area contributed by atoms with Gasteiger partial charge in [-0.25, -0.2) is 0 Å². The molecule has 0 aliphatic carbocycles. The normalized spacial score (nSPS) is 13.7. The maximum absolute atomic E-state index is 10.6. The van der Waals surface area contributed by atoms with E-state index in [9.17, 15) is 9.59 Å². The zero-order valence-electron chi connectivity index (χ0n) is 6.95. The maximum atomic E-state index is 10.6. The smallest absolute Gasteiger partial charge is 0.320 e. The minimum Gasteiger partial charge on any atom is -0.480 e. The van der Waals surface area contributed by atoms with Crippen molar-refractivity contribution in [2.75, 3.05) is 5.75 Å². The first-order valence-electron chi connectivity index (χ1n) is 3.72. The average molecular weight is 178 g/mol. The first kappa shape index (κ1) is 8.55. The molecule has 0 aromatic heterocycles. The van der Waals surface area contributed by atoms with Crippen LogP contribution < -0.4 is 5.73 Å². The third kappa shape index (κ3) is 5.87. The van der Waals surface area contributed by atoms with Crippen LogP contribution in [0.15, 0.2) is 0 Å². The Kier molecular flexibility index (Phi) is 4.00. The number of aliphatic carboxylic acids is 1. The lowest BCUT2D eigenvalue weighted by Gasteiger charge is -2.03. The van der Waals surface area contributed by atoms with Gasteiger partial charge in [-0.2, -0.15) is 0 Å². The van der Waals surface area contributed by atoms with E-state index in [0.717, 1.165) is 11.8 Å². The van der Waals surface area contributed by atoms with Gasteiger partial charge in [-0.05, 0) is 6.42 Å². The number of nitrogens with two attached hydrogens (primary N) is 1. The molecule has 0 unspecified atom stereocenters. The number of hydrogen-bond acceptors (Lipinski definition) is 4. The molecule has 0 aromatic rings. The van der Waals surface area contributed by atoms with Crippen LogP contribution in [0, 0.1) is 0 Å². The summed E-state index contributed by atoms with van der Waals surface area (Å²) in [7, 11) is 0. The van der Waals surface area contributed by atoms with Crippen LogP contribution >= 0.6 is 11.8 Å². The van der Waals surface area contributed by atoms with Gasteiger partial charge in [-0.3, -0.25) is 9.59 Å². The highest BCUT2D eigenvalue weighted by Gasteiger charge is 2.10. The standard InChI is InChI=1S/C6H11NO3S/c1-4(8)11-3-2-5(7)6(9)10/h5H,2-3,7H2,1H3,(H,9,10)/t5-/m0/s1/i1D. The molecule has 3 N–H and O–H groups in total. The van der Waals surface area contributed by atoms with Crippen LogP contribution in [0.4, 0.5) is 0 Å². The molecule has 0 heterocycles. The molecule has 64 valence electrons. The van der Waals surface area contributed by atoms with E-state index in [2.05, 4.69) is 0 Å². The first-order chi connectivity index (χ1) is 5.57. The Labute approximate surface area is 70.5 Å². The van der Waals surface area contributed by atoms with Crippen LogP contribution in [0.25, 0.3) is 0 Å². The van der Waals surface area contributed by atoms with Crippen molar-refractivity contribution in [3.63, 3.8) is 0 Å². The molecule has 0 aliphatic heterocycles. The third-order valence-corrected chi connectivity index (χ3v) is 1.77. The van der Waals surface area contributed by atoms with Gasteiger partial charge in [0.05, 0.1) is 0 Å². The molecule has 0 saturated heterocycles. The Bertz CT molecular complexity index is 176. The van der Waals surface area contributed by atoms with Crippen LogP contribution in [0.2, 0.25) is 0 Å². The number of carboxylic acid groups (broad SMARTS) is 1. The molecule has 5 heteroatoms. The highest BCUT2D eigenvalue weighted by atomic mass is 32.2. The highest BCUT2D eigenvalue weighted by Crippen LogP contribution is 2.04. The maximum Gasteiger partial charge on any atom is 0.320 e. The van der Waals surface area contributed by atoms with E-state index in [-0.39, 0.29) is 18.4 Å². The van der Waals surface area contributed by atoms with Gasteiger partial charge in [-0.1, -0.05) is 11.8 Å². The number of rotatable bonds is 4. The second-order valence-electron chi connectivity index (χ2n) is 1.95. The summed E-state index contributed by atoms with van der Waals surface area (Å²) in [6.45, 7) is -0.271. The molecular weight excluding hydrogens is 166 g/mol. The van der Waals surface area contributed by atoms with E-state index in [1.54, 1.807) is 0 Å². The van der Waals surface area contributed by atoms with E-state index in [4.69, 9.17) is 12.2 Å². The summed E-state index contributed by atoms with van der Waals surface area (Å²) in [6, 6.07) is -0.906. The Balaban J connectivity index is 3.43. The highest BCUT2D eigenvalue weighted by molar-refractivity contribution is 8.13. The Morgan fingerprint density at radius 3 is 2.91 bits per heavy atom. The summed E-state index contributed by atoms with van der Waals surface area (Å²) in [5.74, 6) is -0.695. The van der Waals surface area contributed by atoms with Crippen molar-refractivity contribution < 1.29 is 16.1 Å². The molecule has 0 amide bonds. The molecule has 0 aromatic carbocycles. The van der Waals surface area contributed by atoms with Gasteiger partial charge in [0.1, 0.15) is 6.04 Å². The summed E-state index contributed by atoms with van der Waals surface area (Å²) < 4.78 is 6.66. The monoisotopic (exact) mass is 178 g/mol. The molecule has 0 bridgehead atoms. The van der Waals surface area contributed by atoms with Crippen molar-refractivity contribution in [1.82, 2.24) is 0 Å². The van der Waals surface area contributed by atoms with Gasteiger partial charge in [0.25, 0.3) is 0 Å². The number of carbonyl (C=O) groups is 2. The van der Waals surface area contributed by atoms with E-state index in [1.807, 2.05) is 0 Å². The van der Waals surface area contributed by atoms with E-state index >= 15 is 0 Å². The van der Waals surface area contributed by atoms with Gasteiger partial charge in [0.15, 0.2) is 5.12 Å². The van der Waals surface area contributed by atoms with Gasteiger partial charge in [-0.15, -0.1) is 0 Å². The minimum atomic E-state index is -1.06. The number of carboxylic acids is 1. The van der Waals surface area contributed by atoms with Crippen molar-refractivity contribution in [2.45, 2.75) is 19.4 Å². The largest absolute Gasteiger partial charge is 0.480 e. The van der Waals surface area contributed by atoms with Crippen LogP contribution in [0.3, 0.4) is 0 Å². The molecule has 0 radical (unpaired) electrons. The Hall–Kier alpha value is -0.550. The lowest BCUT2D eigenvalue weighted by Crippen LogP contribution is -2.30. The molecule has 1 atom stereocenters. The van der Waals surface area contributed by atoms with Crippen LogP contribution in [-0.4, -0.2) is 28.0 Å². The fourth-order valence-electron chi connectivity index (χ4n) is 0.423. The lowest BCUT2D eigenvalue weighted by atomic mass is 10.2. The van der Waals surface area contributed by atoms with Gasteiger partial charge in [0, 0.05) is 14.0 Å². The third-order valence-electron chi connectivity index (χ3n) is 1.01. The van der Waals surface area contributed by atoms with E-state index < -0.39 is 12.0 Å². The predicted octanol–water partition coefficient (Wildman–Crippen LogP) is 0.0681. The van der Waals surface area contributed by atoms with E-state index in [1.165, 1.54) is 0 Å². The summed E-state index contributed by atoms with van der Waals surface area (Å²) in [4.78, 5) is 20.7. The number of carbonyl (C=O) groups excluding carboxylic acids is 1. The van der Waals surface area contributed by atoms with Crippen molar-refractivity contribution in [3.8, 4) is 0 Å². The van der Waals surface area contributed by atoms with Gasteiger partial charge >= 0.3 is 5.97 Å². The summed E-state index contributed by atoms with van der Waals surface area (Å²) in [5.41, 5.74) is 5.17. The topological polar surface area (TPSA) is 80.4 Å². The second kappa shape index (κ2) is 5.15. The predicted molar refractivity (Wildman–Crippen MR) is 43.4 cm³/mol. The van der Waals surface area contributed by atoms with Crippen LogP contribution in [-0.2, 0) is 9.59 Å². The molecule has 0 aliphatic rings. The Morgan fingerprint density at radius 1 is 1.82 bits per heavy atom. The lowest BCUT2D eigenvalue weighted by molar-refractivity contribution is -0.138. The second-order valence-corrected chi connectivity index (χ2v) is 3.11. The molecule has 0 spiro atoms. The van der Waals surface area contributed by atoms with Crippen molar-refractivity contribution in [2.24, 2.45) is 5.73 Å². The fourth-order valence-corrected chi connectivity index (χ4v) is 1.02. The summed E-state index contributed by atoms with van der Waals surface area (Å²) in [6.07, 6.45) is 0.256. The summed E-state index contributed by atoms with van der Waals surface area (Å²) in [5, 5.41) is 8.09. The number of thioether (sulfide) groups is 1. The first-order valence-corrected chi connectivity index (χ1v) is 3.99. The van der Waals surface area contributed by atoms with Crippen LogP contribution in [0.5, 0.6) is 0 Å². The molecular formula is C6H11NO3S. The zero-order chi connectivity index (χ0) is 9.56. The van der Waals surface area contributed by atoms with Crippen LogP contribution in [0.1, 0.15) is 14.7 Å². The quantitative estimate of drug-likeness (QED) is 0.636. The average Bonchev–Trinajstić information content (AvgIpc) is 2.03. The van der Waals surface area contributed by atoms with E-state index in [0.29, 0.717) is 5.75 Å². The van der Waals surface area contributed by atoms with Crippen molar-refractivity contribution >= 4 is 22.8 Å². The van der Waals surface area contributed by atoms with Gasteiger partial charge in [0.2, 0.25) is 0 Å². The molecule has 0 fully saturated rings. The summed E-state index contributed by atoms with van der Waals surface area (Å²) >= 11 is 0.952. The zero-order valence-corrected chi connectivity index (χ0v) is 6.76. The van der Waals surface area contributed by atoms with Crippen molar-refractivity contribution in [3.05, 3.63) is 0 Å². The molecule has 11 heavy (non-hydrogen) atoms. The number of hydrogen-bond donors (Lipinski definition) is 2. The SMILES string of the molecule is [2H]CC(=O)SCC[C@H](N)C(=O)O. The Morgan fingerprint density at radius 2 is 2.45 bits per heavy atom. The minimum absolute atomic E-state index is 0.256. The molecule has 0 rings (SSSR count). The van der Waals surface area contributed by atoms with Gasteiger partial charge < -0.3 is 10.8 Å². The van der Waals surface area contributed by atoms with Crippen molar-refractivity contribution in [1.29, 1.82) is 0 Å².